The lowest BCUT2D eigenvalue weighted by Gasteiger charge is -2.41. The summed E-state index contributed by atoms with van der Waals surface area (Å²) in [7, 11) is 0. The molecule has 1 aliphatic rings. The van der Waals surface area contributed by atoms with Crippen molar-refractivity contribution in [1.82, 2.24) is 4.90 Å². The minimum Gasteiger partial charge on any atom is -0.373 e. The molecule has 2 rings (SSSR count). The van der Waals surface area contributed by atoms with Crippen molar-refractivity contribution in [3.05, 3.63) is 35.6 Å². The molecule has 1 heterocycles. The standard InChI is InChI=1S/C15H23FN2O/c1-10-8-18(9-11(2)19-10)12(3)15(17)13-4-6-14(16)7-5-13/h4-7,10-12,15H,8-9,17H2,1-3H3/t10-,11+,12?,15?. The number of ether oxygens (including phenoxy) is 1. The highest BCUT2D eigenvalue weighted by molar-refractivity contribution is 5.21. The smallest absolute Gasteiger partial charge is 0.123 e. The average molecular weight is 266 g/mol. The van der Waals surface area contributed by atoms with E-state index < -0.39 is 0 Å². The van der Waals surface area contributed by atoms with E-state index in [9.17, 15) is 4.39 Å². The van der Waals surface area contributed by atoms with E-state index in [0.29, 0.717) is 0 Å². The summed E-state index contributed by atoms with van der Waals surface area (Å²) in [6, 6.07) is 6.56. The van der Waals surface area contributed by atoms with Gasteiger partial charge >= 0.3 is 0 Å². The van der Waals surface area contributed by atoms with Crippen molar-refractivity contribution < 1.29 is 9.13 Å². The van der Waals surface area contributed by atoms with Crippen molar-refractivity contribution in [2.24, 2.45) is 5.73 Å². The van der Waals surface area contributed by atoms with Crippen LogP contribution in [0.2, 0.25) is 0 Å². The molecule has 1 fully saturated rings. The largest absolute Gasteiger partial charge is 0.373 e. The minimum absolute atomic E-state index is 0.113. The van der Waals surface area contributed by atoms with Gasteiger partial charge < -0.3 is 10.5 Å². The van der Waals surface area contributed by atoms with Gasteiger partial charge in [-0.15, -0.1) is 0 Å². The number of nitrogens with zero attached hydrogens (tertiary/aromatic N) is 1. The van der Waals surface area contributed by atoms with Crippen LogP contribution in [0.15, 0.2) is 24.3 Å². The van der Waals surface area contributed by atoms with E-state index in [-0.39, 0.29) is 30.1 Å². The van der Waals surface area contributed by atoms with Gasteiger partial charge in [0.2, 0.25) is 0 Å². The normalized spacial score (nSPS) is 28.1. The Morgan fingerprint density at radius 3 is 2.26 bits per heavy atom. The lowest BCUT2D eigenvalue weighted by atomic mass is 9.99. The number of halogens is 1. The molecule has 1 aromatic carbocycles. The quantitative estimate of drug-likeness (QED) is 0.912. The van der Waals surface area contributed by atoms with Gasteiger partial charge in [-0.3, -0.25) is 4.90 Å². The van der Waals surface area contributed by atoms with E-state index >= 15 is 0 Å². The molecule has 106 valence electrons. The van der Waals surface area contributed by atoms with E-state index in [2.05, 4.69) is 25.7 Å². The summed E-state index contributed by atoms with van der Waals surface area (Å²) in [6.45, 7) is 8.07. The summed E-state index contributed by atoms with van der Waals surface area (Å²) in [6.07, 6.45) is 0.457. The summed E-state index contributed by atoms with van der Waals surface area (Å²) in [5.74, 6) is -0.225. The van der Waals surface area contributed by atoms with Crippen LogP contribution in [0.3, 0.4) is 0 Å². The maximum atomic E-state index is 12.9. The van der Waals surface area contributed by atoms with Crippen molar-refractivity contribution in [2.45, 2.75) is 45.1 Å². The van der Waals surface area contributed by atoms with Gasteiger partial charge in [-0.05, 0) is 38.5 Å². The Morgan fingerprint density at radius 1 is 1.21 bits per heavy atom. The van der Waals surface area contributed by atoms with E-state index in [0.717, 1.165) is 18.7 Å². The third-order valence-electron chi connectivity index (χ3n) is 3.80. The first-order valence-corrected chi connectivity index (χ1v) is 6.88. The maximum absolute atomic E-state index is 12.9. The monoisotopic (exact) mass is 266 g/mol. The number of hydrogen-bond acceptors (Lipinski definition) is 3. The molecule has 3 nitrogen and oxygen atoms in total. The Kier molecular flexibility index (Phi) is 4.55. The second-order valence-electron chi connectivity index (χ2n) is 5.53. The number of nitrogens with two attached hydrogens (primary N) is 1. The zero-order valence-corrected chi connectivity index (χ0v) is 11.8. The molecule has 1 aliphatic heterocycles. The Hall–Kier alpha value is -0.970. The highest BCUT2D eigenvalue weighted by Crippen LogP contribution is 2.22. The second-order valence-corrected chi connectivity index (χ2v) is 5.53. The molecule has 0 saturated carbocycles. The minimum atomic E-state index is -0.225. The fourth-order valence-corrected chi connectivity index (χ4v) is 2.74. The molecule has 0 radical (unpaired) electrons. The summed E-state index contributed by atoms with van der Waals surface area (Å²) >= 11 is 0. The van der Waals surface area contributed by atoms with Crippen molar-refractivity contribution in [2.75, 3.05) is 13.1 Å². The van der Waals surface area contributed by atoms with Crippen molar-refractivity contribution >= 4 is 0 Å². The molecule has 0 aliphatic carbocycles. The van der Waals surface area contributed by atoms with Crippen LogP contribution in [0.5, 0.6) is 0 Å². The van der Waals surface area contributed by atoms with E-state index in [1.54, 1.807) is 12.1 Å². The van der Waals surface area contributed by atoms with Crippen LogP contribution in [-0.2, 0) is 4.74 Å². The molecule has 0 bridgehead atoms. The first-order valence-electron chi connectivity index (χ1n) is 6.88. The highest BCUT2D eigenvalue weighted by Gasteiger charge is 2.29. The summed E-state index contributed by atoms with van der Waals surface area (Å²) in [5.41, 5.74) is 7.28. The van der Waals surface area contributed by atoms with Crippen LogP contribution >= 0.6 is 0 Å². The zero-order chi connectivity index (χ0) is 14.0. The molecule has 4 atom stereocenters. The molecule has 0 spiro atoms. The summed E-state index contributed by atoms with van der Waals surface area (Å²) in [4.78, 5) is 2.35. The zero-order valence-electron chi connectivity index (χ0n) is 11.8. The second kappa shape index (κ2) is 5.99. The lowest BCUT2D eigenvalue weighted by molar-refractivity contribution is -0.0809. The van der Waals surface area contributed by atoms with Crippen LogP contribution < -0.4 is 5.73 Å². The maximum Gasteiger partial charge on any atom is 0.123 e. The van der Waals surface area contributed by atoms with Crippen LogP contribution in [0.25, 0.3) is 0 Å². The number of morpholine rings is 1. The van der Waals surface area contributed by atoms with Crippen LogP contribution in [0, 0.1) is 5.82 Å². The van der Waals surface area contributed by atoms with Crippen LogP contribution in [0.4, 0.5) is 4.39 Å². The molecular formula is C15H23FN2O. The van der Waals surface area contributed by atoms with Crippen LogP contribution in [0.1, 0.15) is 32.4 Å². The van der Waals surface area contributed by atoms with Gasteiger partial charge in [0, 0.05) is 25.2 Å². The molecule has 4 heteroatoms. The van der Waals surface area contributed by atoms with E-state index in [4.69, 9.17) is 10.5 Å². The molecule has 1 aromatic rings. The number of rotatable bonds is 3. The Bertz CT molecular complexity index is 399. The SMILES string of the molecule is CC(C(N)c1ccc(F)cc1)N1C[C@@H](C)O[C@@H](C)C1. The van der Waals surface area contributed by atoms with Gasteiger partial charge in [0.25, 0.3) is 0 Å². The highest BCUT2D eigenvalue weighted by atomic mass is 19.1. The third-order valence-corrected chi connectivity index (χ3v) is 3.80. The average Bonchev–Trinajstić information content (AvgIpc) is 2.37. The van der Waals surface area contributed by atoms with Gasteiger partial charge in [-0.25, -0.2) is 4.39 Å². The van der Waals surface area contributed by atoms with E-state index in [1.807, 2.05) is 0 Å². The Labute approximate surface area is 114 Å². The first kappa shape index (κ1) is 14.4. The molecule has 1 saturated heterocycles. The van der Waals surface area contributed by atoms with Gasteiger partial charge in [0.05, 0.1) is 12.2 Å². The fourth-order valence-electron chi connectivity index (χ4n) is 2.74. The summed E-state index contributed by atoms with van der Waals surface area (Å²) in [5, 5.41) is 0. The molecule has 0 amide bonds. The first-order chi connectivity index (χ1) is 8.97. The molecule has 0 aromatic heterocycles. The van der Waals surface area contributed by atoms with E-state index in [1.165, 1.54) is 12.1 Å². The molecular weight excluding hydrogens is 243 g/mol. The number of benzene rings is 1. The van der Waals surface area contributed by atoms with Crippen LogP contribution in [-0.4, -0.2) is 36.2 Å². The van der Waals surface area contributed by atoms with Crippen molar-refractivity contribution in [1.29, 1.82) is 0 Å². The number of hydrogen-bond donors (Lipinski definition) is 1. The summed E-state index contributed by atoms with van der Waals surface area (Å²) < 4.78 is 18.7. The van der Waals surface area contributed by atoms with Gasteiger partial charge in [-0.1, -0.05) is 12.1 Å². The van der Waals surface area contributed by atoms with Gasteiger partial charge in [0.15, 0.2) is 0 Å². The molecule has 19 heavy (non-hydrogen) atoms. The molecule has 2 unspecified atom stereocenters. The van der Waals surface area contributed by atoms with Gasteiger partial charge in [-0.2, -0.15) is 0 Å². The van der Waals surface area contributed by atoms with Crippen molar-refractivity contribution in [3.8, 4) is 0 Å². The predicted molar refractivity (Wildman–Crippen MR) is 74.4 cm³/mol. The topological polar surface area (TPSA) is 38.5 Å². The fraction of sp³-hybridized carbons (Fsp3) is 0.600. The molecule has 2 N–H and O–H groups in total. The van der Waals surface area contributed by atoms with Crippen molar-refractivity contribution in [3.63, 3.8) is 0 Å². The Morgan fingerprint density at radius 2 is 1.74 bits per heavy atom. The van der Waals surface area contributed by atoms with Gasteiger partial charge in [0.1, 0.15) is 5.82 Å². The predicted octanol–water partition coefficient (Wildman–Crippen LogP) is 2.32. The Balaban J connectivity index is 2.05. The lowest BCUT2D eigenvalue weighted by Crippen LogP contribution is -2.52. The third kappa shape index (κ3) is 3.53.